The third kappa shape index (κ3) is 6.93. The molecule has 3 rings (SSSR count). The maximum Gasteiger partial charge on any atom is 0.251 e. The van der Waals surface area contributed by atoms with Crippen molar-refractivity contribution in [3.05, 3.63) is 65.2 Å². The fourth-order valence-electron chi connectivity index (χ4n) is 3.17. The van der Waals surface area contributed by atoms with Crippen molar-refractivity contribution in [2.45, 2.75) is 31.7 Å². The lowest BCUT2D eigenvalue weighted by Crippen LogP contribution is -2.30. The van der Waals surface area contributed by atoms with Crippen LogP contribution in [-0.4, -0.2) is 58.8 Å². The van der Waals surface area contributed by atoms with E-state index in [2.05, 4.69) is 5.32 Å². The minimum atomic E-state index is -0.881. The molecule has 1 aliphatic rings. The zero-order valence-electron chi connectivity index (χ0n) is 17.1. The third-order valence-electron chi connectivity index (χ3n) is 5.02. The zero-order chi connectivity index (χ0) is 21.5. The van der Waals surface area contributed by atoms with Crippen LogP contribution in [0.5, 0.6) is 5.75 Å². The Kier molecular flexibility index (Phi) is 9.26. The number of ether oxygens (including phenoxy) is 1. The van der Waals surface area contributed by atoms with Gasteiger partial charge in [-0.05, 0) is 35.4 Å². The second-order valence-electron chi connectivity index (χ2n) is 7.26. The van der Waals surface area contributed by atoms with Crippen LogP contribution < -0.4 is 15.8 Å². The summed E-state index contributed by atoms with van der Waals surface area (Å²) in [7, 11) is 0. The molecule has 1 aliphatic heterocycles. The van der Waals surface area contributed by atoms with Crippen LogP contribution >= 0.6 is 12.4 Å². The summed E-state index contributed by atoms with van der Waals surface area (Å²) in [5.41, 5.74) is 8.03. The molecule has 1 fully saturated rings. The minimum absolute atomic E-state index is 0. The van der Waals surface area contributed by atoms with Crippen LogP contribution in [0.3, 0.4) is 0 Å². The molecule has 2 atom stereocenters. The van der Waals surface area contributed by atoms with E-state index in [1.165, 1.54) is 4.90 Å². The van der Waals surface area contributed by atoms with Gasteiger partial charge in [-0.25, -0.2) is 0 Å². The minimum Gasteiger partial charge on any atom is -0.493 e. The molecule has 5 N–H and O–H groups in total. The molecule has 168 valence electrons. The Labute approximate surface area is 187 Å². The highest BCUT2D eigenvalue weighted by Crippen LogP contribution is 2.14. The van der Waals surface area contributed by atoms with Crippen molar-refractivity contribution in [2.75, 3.05) is 19.7 Å². The molecule has 0 spiro atoms. The summed E-state index contributed by atoms with van der Waals surface area (Å²) in [5, 5.41) is 21.9. The molecule has 2 amide bonds. The predicted octanol–water partition coefficient (Wildman–Crippen LogP) is 0.830. The van der Waals surface area contributed by atoms with Gasteiger partial charge in [-0.1, -0.05) is 24.3 Å². The lowest BCUT2D eigenvalue weighted by molar-refractivity contribution is -0.131. The monoisotopic (exact) mass is 449 g/mol. The smallest absolute Gasteiger partial charge is 0.251 e. The summed E-state index contributed by atoms with van der Waals surface area (Å²) >= 11 is 0. The quantitative estimate of drug-likeness (QED) is 0.473. The molecule has 0 unspecified atom stereocenters. The van der Waals surface area contributed by atoms with Gasteiger partial charge < -0.3 is 30.9 Å². The number of nitrogens with one attached hydrogen (secondary N) is 1. The van der Waals surface area contributed by atoms with Gasteiger partial charge in [0.25, 0.3) is 5.91 Å². The standard InChI is InChI=1S/C22H27N3O5.ClH/c23-11-15-1-5-17(6-2-15)22(29)24-12-16-3-7-18(8-4-16)30-10-9-21(28)25-13-19(26)20(27)14-25;/h1-8,19-20,26-27H,9-14,23H2,(H,24,29);1H/t19-,20-;/m0./s1. The third-order valence-corrected chi connectivity index (χ3v) is 5.02. The van der Waals surface area contributed by atoms with Crippen LogP contribution in [0.2, 0.25) is 0 Å². The lowest BCUT2D eigenvalue weighted by Gasteiger charge is -2.15. The zero-order valence-corrected chi connectivity index (χ0v) is 17.9. The van der Waals surface area contributed by atoms with Crippen LogP contribution in [0.15, 0.2) is 48.5 Å². The Balaban J connectivity index is 0.00000341. The van der Waals surface area contributed by atoms with Gasteiger partial charge in [0.2, 0.25) is 5.91 Å². The summed E-state index contributed by atoms with van der Waals surface area (Å²) in [6.45, 7) is 1.33. The van der Waals surface area contributed by atoms with E-state index >= 15 is 0 Å². The van der Waals surface area contributed by atoms with Crippen LogP contribution in [0, 0.1) is 0 Å². The van der Waals surface area contributed by atoms with Crippen molar-refractivity contribution in [3.63, 3.8) is 0 Å². The second kappa shape index (κ2) is 11.7. The van der Waals surface area contributed by atoms with Crippen molar-refractivity contribution < 1.29 is 24.5 Å². The normalized spacial score (nSPS) is 17.7. The Morgan fingerprint density at radius 3 is 2.16 bits per heavy atom. The molecule has 0 aromatic heterocycles. The van der Waals surface area contributed by atoms with Gasteiger partial charge in [0.1, 0.15) is 5.75 Å². The van der Waals surface area contributed by atoms with E-state index in [0.29, 0.717) is 24.4 Å². The number of likely N-dealkylation sites (tertiary alicyclic amines) is 1. The molecule has 0 bridgehead atoms. The van der Waals surface area contributed by atoms with Gasteiger partial charge in [-0.15, -0.1) is 12.4 Å². The van der Waals surface area contributed by atoms with E-state index < -0.39 is 12.2 Å². The van der Waals surface area contributed by atoms with E-state index in [-0.39, 0.29) is 50.3 Å². The van der Waals surface area contributed by atoms with E-state index in [1.54, 1.807) is 24.3 Å². The number of nitrogens with two attached hydrogens (primary N) is 1. The molecule has 0 radical (unpaired) electrons. The number of halogens is 1. The molecule has 0 aliphatic carbocycles. The highest BCUT2D eigenvalue weighted by molar-refractivity contribution is 5.94. The Bertz CT molecular complexity index is 850. The molecule has 1 saturated heterocycles. The summed E-state index contributed by atoms with van der Waals surface area (Å²) < 4.78 is 5.59. The molecule has 0 saturated carbocycles. The van der Waals surface area contributed by atoms with Crippen LogP contribution in [-0.2, 0) is 17.9 Å². The fraction of sp³-hybridized carbons (Fsp3) is 0.364. The van der Waals surface area contributed by atoms with E-state index in [9.17, 15) is 19.8 Å². The van der Waals surface area contributed by atoms with E-state index in [4.69, 9.17) is 10.5 Å². The van der Waals surface area contributed by atoms with E-state index in [0.717, 1.165) is 11.1 Å². The number of aliphatic hydroxyl groups is 2. The first-order valence-electron chi connectivity index (χ1n) is 9.89. The number of aliphatic hydroxyl groups excluding tert-OH is 2. The molecular formula is C22H28ClN3O5. The largest absolute Gasteiger partial charge is 0.493 e. The van der Waals surface area contributed by atoms with Crippen molar-refractivity contribution >= 4 is 24.2 Å². The average molecular weight is 450 g/mol. The number of hydrogen-bond donors (Lipinski definition) is 4. The summed E-state index contributed by atoms with van der Waals surface area (Å²) in [4.78, 5) is 25.7. The molecule has 2 aromatic rings. The van der Waals surface area contributed by atoms with Gasteiger partial charge in [-0.2, -0.15) is 0 Å². The van der Waals surface area contributed by atoms with Crippen LogP contribution in [0.25, 0.3) is 0 Å². The fourth-order valence-corrected chi connectivity index (χ4v) is 3.17. The second-order valence-corrected chi connectivity index (χ2v) is 7.26. The first-order chi connectivity index (χ1) is 14.5. The number of benzene rings is 2. The highest BCUT2D eigenvalue weighted by Gasteiger charge is 2.32. The number of carbonyl (C=O) groups excluding carboxylic acids is 2. The average Bonchev–Trinajstić information content (AvgIpc) is 3.11. The maximum atomic E-state index is 12.2. The SMILES string of the molecule is Cl.NCc1ccc(C(=O)NCc2ccc(OCCC(=O)N3C[C@H](O)[C@@H](O)C3)cc2)cc1. The molecule has 1 heterocycles. The first kappa shape index (κ1) is 24.6. The number of amides is 2. The van der Waals surface area contributed by atoms with Gasteiger partial charge >= 0.3 is 0 Å². The summed E-state index contributed by atoms with van der Waals surface area (Å²) in [6.07, 6.45) is -1.60. The highest BCUT2D eigenvalue weighted by atomic mass is 35.5. The topological polar surface area (TPSA) is 125 Å². The number of carbonyl (C=O) groups is 2. The number of β-amino-alcohol motifs (C(OH)–C–C–N with tert-alkyl or cyclic N) is 2. The number of hydrogen-bond acceptors (Lipinski definition) is 6. The van der Waals surface area contributed by atoms with Gasteiger partial charge in [0.05, 0.1) is 25.2 Å². The van der Waals surface area contributed by atoms with E-state index in [1.807, 2.05) is 24.3 Å². The van der Waals surface area contributed by atoms with Crippen molar-refractivity contribution in [2.24, 2.45) is 5.73 Å². The summed E-state index contributed by atoms with van der Waals surface area (Å²) in [5.74, 6) is 0.302. The van der Waals surface area contributed by atoms with Gasteiger partial charge in [0.15, 0.2) is 0 Å². The van der Waals surface area contributed by atoms with Gasteiger partial charge in [0, 0.05) is 31.7 Å². The molecular weight excluding hydrogens is 422 g/mol. The number of rotatable bonds is 8. The summed E-state index contributed by atoms with van der Waals surface area (Å²) in [6, 6.07) is 14.4. The first-order valence-corrected chi connectivity index (χ1v) is 9.89. The van der Waals surface area contributed by atoms with Gasteiger partial charge in [-0.3, -0.25) is 9.59 Å². The molecule has 9 heteroatoms. The Hall–Kier alpha value is -2.65. The molecule has 8 nitrogen and oxygen atoms in total. The predicted molar refractivity (Wildman–Crippen MR) is 118 cm³/mol. The number of nitrogens with zero attached hydrogens (tertiary/aromatic N) is 1. The lowest BCUT2D eigenvalue weighted by atomic mass is 10.1. The maximum absolute atomic E-state index is 12.2. The van der Waals surface area contributed by atoms with Crippen LogP contribution in [0.1, 0.15) is 27.9 Å². The Morgan fingerprint density at radius 1 is 1.00 bits per heavy atom. The Morgan fingerprint density at radius 2 is 1.58 bits per heavy atom. The van der Waals surface area contributed by atoms with Crippen molar-refractivity contribution in [1.82, 2.24) is 10.2 Å². The van der Waals surface area contributed by atoms with Crippen molar-refractivity contribution in [3.8, 4) is 5.75 Å². The molecule has 31 heavy (non-hydrogen) atoms. The molecule has 2 aromatic carbocycles. The van der Waals surface area contributed by atoms with Crippen LogP contribution in [0.4, 0.5) is 0 Å². The van der Waals surface area contributed by atoms with Crippen molar-refractivity contribution in [1.29, 1.82) is 0 Å².